The second-order valence-electron chi connectivity index (χ2n) is 8.75. The molecule has 3 aliphatic heterocycles. The van der Waals surface area contributed by atoms with E-state index in [1.165, 1.54) is 25.7 Å². The molecule has 0 spiro atoms. The van der Waals surface area contributed by atoms with Crippen molar-refractivity contribution in [3.63, 3.8) is 0 Å². The average Bonchev–Trinajstić information content (AvgIpc) is 3.11. The molecule has 29 heavy (non-hydrogen) atoms. The molecule has 0 aromatic heterocycles. The molecule has 156 valence electrons. The first-order chi connectivity index (χ1) is 14.1. The Morgan fingerprint density at radius 2 is 1.79 bits per heavy atom. The lowest BCUT2D eigenvalue weighted by Gasteiger charge is -2.28. The number of anilines is 1. The van der Waals surface area contributed by atoms with Crippen molar-refractivity contribution in [2.75, 3.05) is 24.5 Å². The van der Waals surface area contributed by atoms with Crippen LogP contribution in [0.2, 0.25) is 0 Å². The second kappa shape index (κ2) is 8.66. The van der Waals surface area contributed by atoms with Crippen LogP contribution in [0.5, 0.6) is 0 Å². The van der Waals surface area contributed by atoms with E-state index in [1.807, 2.05) is 29.2 Å². The van der Waals surface area contributed by atoms with Gasteiger partial charge in [-0.3, -0.25) is 19.5 Å². The average molecular weight is 397 g/mol. The fourth-order valence-corrected chi connectivity index (χ4v) is 4.96. The highest BCUT2D eigenvalue weighted by Gasteiger charge is 2.35. The molecule has 3 fully saturated rings. The lowest BCUT2D eigenvalue weighted by Crippen LogP contribution is -2.48. The van der Waals surface area contributed by atoms with Crippen molar-refractivity contribution in [1.29, 1.82) is 0 Å². The zero-order chi connectivity index (χ0) is 20.4. The van der Waals surface area contributed by atoms with E-state index in [-0.39, 0.29) is 18.4 Å². The van der Waals surface area contributed by atoms with Gasteiger partial charge in [0.1, 0.15) is 6.54 Å². The quantitative estimate of drug-likeness (QED) is 0.831. The van der Waals surface area contributed by atoms with E-state index in [4.69, 9.17) is 5.73 Å². The number of benzodiazepines with no additional fused rings is 1. The maximum Gasteiger partial charge on any atom is 0.266 e. The van der Waals surface area contributed by atoms with Gasteiger partial charge in [0.15, 0.2) is 6.17 Å². The summed E-state index contributed by atoms with van der Waals surface area (Å²) in [5, 5.41) is 0. The van der Waals surface area contributed by atoms with Gasteiger partial charge in [-0.2, -0.15) is 0 Å². The van der Waals surface area contributed by atoms with Crippen LogP contribution < -0.4 is 10.6 Å². The molecule has 1 aromatic carbocycles. The van der Waals surface area contributed by atoms with Gasteiger partial charge in [-0.25, -0.2) is 0 Å². The maximum atomic E-state index is 13.2. The molecule has 6 nitrogen and oxygen atoms in total. The smallest absolute Gasteiger partial charge is 0.266 e. The number of fused-ring (bicyclic) bond motifs is 5. The summed E-state index contributed by atoms with van der Waals surface area (Å²) >= 11 is 0. The molecular formula is C23H32N4O2. The highest BCUT2D eigenvalue weighted by atomic mass is 16.2. The van der Waals surface area contributed by atoms with Gasteiger partial charge in [-0.15, -0.1) is 0 Å². The minimum absolute atomic E-state index is 0.0242. The molecule has 2 N–H and O–H groups in total. The summed E-state index contributed by atoms with van der Waals surface area (Å²) in [6.45, 7) is 3.82. The Morgan fingerprint density at radius 3 is 2.45 bits per heavy atom. The van der Waals surface area contributed by atoms with Crippen molar-refractivity contribution >= 4 is 23.2 Å². The number of carbonyl (C=O) groups is 2. The van der Waals surface area contributed by atoms with Crippen LogP contribution in [0.4, 0.5) is 5.69 Å². The molecule has 2 bridgehead atoms. The number of aliphatic imine (C=N–C) groups is 1. The van der Waals surface area contributed by atoms with Crippen LogP contribution in [0.1, 0.15) is 57.4 Å². The van der Waals surface area contributed by atoms with E-state index in [0.29, 0.717) is 11.8 Å². The Hall–Kier alpha value is -2.21. The van der Waals surface area contributed by atoms with Gasteiger partial charge in [-0.1, -0.05) is 31.5 Å². The topological polar surface area (TPSA) is 79.0 Å². The number of rotatable bonds is 5. The van der Waals surface area contributed by atoms with Crippen LogP contribution in [-0.2, 0) is 9.59 Å². The molecule has 6 heteroatoms. The van der Waals surface area contributed by atoms with E-state index < -0.39 is 6.17 Å². The highest BCUT2D eigenvalue weighted by molar-refractivity contribution is 6.13. The first-order valence-electron chi connectivity index (χ1n) is 11.1. The Labute approximate surface area is 173 Å². The van der Waals surface area contributed by atoms with Crippen molar-refractivity contribution in [3.05, 3.63) is 29.8 Å². The number of nitrogens with zero attached hydrogens (tertiary/aromatic N) is 3. The zero-order valence-electron chi connectivity index (χ0n) is 17.3. The molecule has 1 aliphatic carbocycles. The molecule has 2 amide bonds. The number of para-hydroxylation sites is 1. The van der Waals surface area contributed by atoms with Crippen molar-refractivity contribution < 1.29 is 9.59 Å². The number of carbonyl (C=O) groups excluding carboxylic acids is 2. The van der Waals surface area contributed by atoms with E-state index in [9.17, 15) is 9.59 Å². The Kier molecular flexibility index (Phi) is 5.99. The monoisotopic (exact) mass is 396 g/mol. The summed E-state index contributed by atoms with van der Waals surface area (Å²) in [4.78, 5) is 34.4. The summed E-state index contributed by atoms with van der Waals surface area (Å²) in [7, 11) is 0. The Balaban J connectivity index is 1.59. The lowest BCUT2D eigenvalue weighted by molar-refractivity contribution is -0.132. The fourth-order valence-electron chi connectivity index (χ4n) is 4.96. The normalized spacial score (nSPS) is 26.6. The number of nitrogens with two attached hydrogens (primary N) is 1. The van der Waals surface area contributed by atoms with Crippen LogP contribution >= 0.6 is 0 Å². The minimum atomic E-state index is -0.956. The van der Waals surface area contributed by atoms with E-state index >= 15 is 0 Å². The summed E-state index contributed by atoms with van der Waals surface area (Å²) in [6, 6.07) is 7.75. The van der Waals surface area contributed by atoms with Crippen molar-refractivity contribution in [1.82, 2.24) is 4.90 Å². The molecule has 1 aromatic rings. The van der Waals surface area contributed by atoms with Crippen LogP contribution in [-0.4, -0.2) is 48.2 Å². The Morgan fingerprint density at radius 1 is 1.14 bits per heavy atom. The van der Waals surface area contributed by atoms with Crippen LogP contribution in [0, 0.1) is 11.8 Å². The molecule has 0 radical (unpaired) electrons. The van der Waals surface area contributed by atoms with Gasteiger partial charge < -0.3 is 10.6 Å². The van der Waals surface area contributed by atoms with Crippen molar-refractivity contribution in [2.45, 2.75) is 58.0 Å². The summed E-state index contributed by atoms with van der Waals surface area (Å²) < 4.78 is 0. The third kappa shape index (κ3) is 4.22. The summed E-state index contributed by atoms with van der Waals surface area (Å²) in [6.07, 6.45) is 6.75. The van der Waals surface area contributed by atoms with Gasteiger partial charge in [0.05, 0.1) is 5.69 Å². The van der Waals surface area contributed by atoms with E-state index in [0.717, 1.165) is 49.3 Å². The van der Waals surface area contributed by atoms with Gasteiger partial charge in [0.25, 0.3) is 5.91 Å². The van der Waals surface area contributed by atoms with Crippen LogP contribution in [0.15, 0.2) is 29.3 Å². The van der Waals surface area contributed by atoms with E-state index in [1.54, 1.807) is 4.90 Å². The number of hydrogen-bond donors (Lipinski definition) is 1. The van der Waals surface area contributed by atoms with Gasteiger partial charge >= 0.3 is 0 Å². The number of amides is 2. The third-order valence-corrected chi connectivity index (χ3v) is 6.66. The molecule has 2 saturated heterocycles. The molecular weight excluding hydrogens is 364 g/mol. The third-order valence-electron chi connectivity index (χ3n) is 6.66. The Bertz CT molecular complexity index is 784. The first-order valence-corrected chi connectivity index (χ1v) is 11.1. The number of unbranched alkanes of at least 4 members (excludes halogenated alkanes) is 1. The molecule has 1 saturated carbocycles. The molecule has 5 rings (SSSR count). The second-order valence-corrected chi connectivity index (χ2v) is 8.75. The SMILES string of the molecule is CCCCC1=N[C@H](N)C(=O)N(CC(=O)N2CC3CCC(CC3)C2)c2ccccc21. The summed E-state index contributed by atoms with van der Waals surface area (Å²) in [5.74, 6) is 0.943. The molecule has 4 aliphatic rings. The largest absolute Gasteiger partial charge is 0.341 e. The molecule has 0 unspecified atom stereocenters. The van der Waals surface area contributed by atoms with Gasteiger partial charge in [0, 0.05) is 24.4 Å². The molecule has 1 atom stereocenters. The predicted molar refractivity (Wildman–Crippen MR) is 115 cm³/mol. The summed E-state index contributed by atoms with van der Waals surface area (Å²) in [5.41, 5.74) is 8.68. The standard InChI is InChI=1S/C23H32N4O2/c1-2-3-7-19-18-6-4-5-8-20(18)27(23(29)22(24)25-19)15-21(28)26-13-16-9-10-17(14-26)12-11-16/h4-6,8,16-17,22H,2-3,7,9-15,24H2,1H3/t16?,17?,22-/m0/s1. The fraction of sp³-hybridized carbons (Fsp3) is 0.609. The van der Waals surface area contributed by atoms with Gasteiger partial charge in [0.2, 0.25) is 5.91 Å². The van der Waals surface area contributed by atoms with Crippen molar-refractivity contribution in [3.8, 4) is 0 Å². The van der Waals surface area contributed by atoms with Crippen molar-refractivity contribution in [2.24, 2.45) is 22.6 Å². The van der Waals surface area contributed by atoms with Gasteiger partial charge in [-0.05, 0) is 56.4 Å². The zero-order valence-corrected chi connectivity index (χ0v) is 17.3. The highest BCUT2D eigenvalue weighted by Crippen LogP contribution is 2.34. The van der Waals surface area contributed by atoms with Crippen LogP contribution in [0.25, 0.3) is 0 Å². The maximum absolute atomic E-state index is 13.2. The number of hydrogen-bond acceptors (Lipinski definition) is 4. The van der Waals surface area contributed by atoms with Crippen LogP contribution in [0.3, 0.4) is 0 Å². The van der Waals surface area contributed by atoms with E-state index in [2.05, 4.69) is 11.9 Å². The lowest BCUT2D eigenvalue weighted by atomic mass is 9.84. The predicted octanol–water partition coefficient (Wildman–Crippen LogP) is 2.95. The number of benzene rings is 1. The molecule has 3 heterocycles. The minimum Gasteiger partial charge on any atom is -0.341 e. The first kappa shape index (κ1) is 20.1.